The highest BCUT2D eigenvalue weighted by Gasteiger charge is 2.08. The maximum atomic E-state index is 12.1. The highest BCUT2D eigenvalue weighted by molar-refractivity contribution is 5.90. The van der Waals surface area contributed by atoms with Crippen LogP contribution < -0.4 is 20.3 Å². The summed E-state index contributed by atoms with van der Waals surface area (Å²) in [5.74, 6) is 0.774. The van der Waals surface area contributed by atoms with Crippen LogP contribution in [0.2, 0.25) is 0 Å². The van der Waals surface area contributed by atoms with E-state index in [0.29, 0.717) is 0 Å². The summed E-state index contributed by atoms with van der Waals surface area (Å²) in [7, 11) is 0. The van der Waals surface area contributed by atoms with Gasteiger partial charge in [0.05, 0.1) is 0 Å². The molecular formula is C21H29N3O2. The maximum absolute atomic E-state index is 12.1. The second-order valence-corrected chi connectivity index (χ2v) is 6.36. The molecule has 0 fully saturated rings. The zero-order chi connectivity index (χ0) is 19.1. The van der Waals surface area contributed by atoms with Gasteiger partial charge in [0.1, 0.15) is 5.75 Å². The van der Waals surface area contributed by atoms with Gasteiger partial charge in [-0.25, -0.2) is 4.79 Å². The molecule has 2 aromatic rings. The maximum Gasteiger partial charge on any atom is 0.321 e. The average molecular weight is 355 g/mol. The predicted molar refractivity (Wildman–Crippen MR) is 108 cm³/mol. The van der Waals surface area contributed by atoms with Crippen molar-refractivity contribution in [2.24, 2.45) is 0 Å². The molecule has 0 aromatic heterocycles. The lowest BCUT2D eigenvalue weighted by molar-refractivity contribution is 0.234. The second kappa shape index (κ2) is 9.13. The van der Waals surface area contributed by atoms with E-state index in [1.54, 1.807) is 0 Å². The third kappa shape index (κ3) is 5.15. The molecule has 0 saturated heterocycles. The third-order valence-corrected chi connectivity index (χ3v) is 4.38. The molecule has 26 heavy (non-hydrogen) atoms. The molecule has 140 valence electrons. The number of nitrogens with one attached hydrogen (secondary N) is 2. The summed E-state index contributed by atoms with van der Waals surface area (Å²) in [6.45, 7) is 12.3. The number of rotatable bonds is 7. The minimum absolute atomic E-state index is 0.117. The third-order valence-electron chi connectivity index (χ3n) is 4.38. The first kappa shape index (κ1) is 19.6. The lowest BCUT2D eigenvalue weighted by atomic mass is 10.1. The van der Waals surface area contributed by atoms with Crippen LogP contribution in [-0.4, -0.2) is 25.9 Å². The van der Waals surface area contributed by atoms with Crippen molar-refractivity contribution >= 4 is 17.4 Å². The molecule has 0 saturated carbocycles. The Morgan fingerprint density at radius 1 is 1.00 bits per heavy atom. The van der Waals surface area contributed by atoms with Crippen molar-refractivity contribution in [3.8, 4) is 5.75 Å². The first-order valence-electron chi connectivity index (χ1n) is 9.05. The molecule has 0 bridgehead atoms. The van der Waals surface area contributed by atoms with Gasteiger partial charge in [-0.05, 0) is 70.0 Å². The molecule has 0 atom stereocenters. The van der Waals surface area contributed by atoms with E-state index in [9.17, 15) is 4.79 Å². The van der Waals surface area contributed by atoms with E-state index in [4.69, 9.17) is 4.74 Å². The molecule has 0 aliphatic heterocycles. The van der Waals surface area contributed by atoms with Crippen molar-refractivity contribution in [2.45, 2.75) is 34.6 Å². The van der Waals surface area contributed by atoms with Gasteiger partial charge in [0, 0.05) is 24.5 Å². The Kier molecular flexibility index (Phi) is 6.89. The zero-order valence-electron chi connectivity index (χ0n) is 16.3. The van der Waals surface area contributed by atoms with E-state index >= 15 is 0 Å². The van der Waals surface area contributed by atoms with Crippen LogP contribution in [0.1, 0.15) is 30.5 Å². The Morgan fingerprint density at radius 3 is 2.35 bits per heavy atom. The normalized spacial score (nSPS) is 10.3. The number of aryl methyl sites for hydroxylation is 3. The van der Waals surface area contributed by atoms with Gasteiger partial charge in [-0.2, -0.15) is 0 Å². The van der Waals surface area contributed by atoms with Crippen LogP contribution in [0, 0.1) is 20.8 Å². The fourth-order valence-electron chi connectivity index (χ4n) is 2.88. The fourth-order valence-corrected chi connectivity index (χ4v) is 2.88. The van der Waals surface area contributed by atoms with Crippen LogP contribution in [0.3, 0.4) is 0 Å². The molecule has 5 nitrogen and oxygen atoms in total. The molecule has 2 aromatic carbocycles. The van der Waals surface area contributed by atoms with Gasteiger partial charge in [-0.15, -0.1) is 0 Å². The number of anilines is 2. The molecule has 0 spiro atoms. The van der Waals surface area contributed by atoms with Crippen molar-refractivity contribution < 1.29 is 9.53 Å². The molecule has 0 aliphatic rings. The Balaban J connectivity index is 1.89. The van der Waals surface area contributed by atoms with Crippen LogP contribution in [0.25, 0.3) is 0 Å². The van der Waals surface area contributed by atoms with Gasteiger partial charge >= 0.3 is 6.03 Å². The Hall–Kier alpha value is -2.69. The van der Waals surface area contributed by atoms with Gasteiger partial charge in [0.25, 0.3) is 0 Å². The van der Waals surface area contributed by atoms with Gasteiger partial charge in [0.15, 0.2) is 6.73 Å². The monoisotopic (exact) mass is 355 g/mol. The standard InChI is InChI=1S/C21H29N3O2/c1-6-24(7-2)18-9-10-19(16(4)13-18)23-21(25)22-14-26-20-11-8-15(3)12-17(20)5/h8-13H,6-7,14H2,1-5H3,(H2,22,23,25). The molecule has 5 heteroatoms. The van der Waals surface area contributed by atoms with Crippen molar-refractivity contribution in [3.63, 3.8) is 0 Å². The lowest BCUT2D eigenvalue weighted by Gasteiger charge is -2.22. The number of amides is 2. The Bertz CT molecular complexity index is 755. The molecular weight excluding hydrogens is 326 g/mol. The minimum atomic E-state index is -0.284. The van der Waals surface area contributed by atoms with Gasteiger partial charge in [-0.3, -0.25) is 0 Å². The van der Waals surface area contributed by atoms with E-state index in [2.05, 4.69) is 41.5 Å². The van der Waals surface area contributed by atoms with Gasteiger partial charge < -0.3 is 20.3 Å². The largest absolute Gasteiger partial charge is 0.473 e. The average Bonchev–Trinajstić information content (AvgIpc) is 2.60. The number of urea groups is 1. The summed E-state index contributed by atoms with van der Waals surface area (Å²) in [4.78, 5) is 14.4. The number of nitrogens with zero attached hydrogens (tertiary/aromatic N) is 1. The molecule has 0 unspecified atom stereocenters. The van der Waals surface area contributed by atoms with Gasteiger partial charge in [0.2, 0.25) is 0 Å². The van der Waals surface area contributed by atoms with E-state index < -0.39 is 0 Å². The number of ether oxygens (including phenoxy) is 1. The van der Waals surface area contributed by atoms with Crippen LogP contribution in [0.4, 0.5) is 16.2 Å². The Labute approximate surface area is 156 Å². The molecule has 2 N–H and O–H groups in total. The van der Waals surface area contributed by atoms with Crippen LogP contribution in [-0.2, 0) is 0 Å². The minimum Gasteiger partial charge on any atom is -0.473 e. The highest BCUT2D eigenvalue weighted by atomic mass is 16.5. The summed E-state index contributed by atoms with van der Waals surface area (Å²) >= 11 is 0. The van der Waals surface area contributed by atoms with Crippen molar-refractivity contribution in [2.75, 3.05) is 30.0 Å². The van der Waals surface area contributed by atoms with E-state index in [1.807, 2.05) is 45.0 Å². The number of hydrogen-bond acceptors (Lipinski definition) is 3. The summed E-state index contributed by atoms with van der Waals surface area (Å²) in [6, 6.07) is 11.7. The Morgan fingerprint density at radius 2 is 1.73 bits per heavy atom. The quantitative estimate of drug-likeness (QED) is 0.713. The molecule has 2 amide bonds. The van der Waals surface area contributed by atoms with Gasteiger partial charge in [-0.1, -0.05) is 17.7 Å². The summed E-state index contributed by atoms with van der Waals surface area (Å²) in [5.41, 5.74) is 5.22. The fraction of sp³-hybridized carbons (Fsp3) is 0.381. The van der Waals surface area contributed by atoms with Crippen LogP contribution in [0.15, 0.2) is 36.4 Å². The van der Waals surface area contributed by atoms with Crippen molar-refractivity contribution in [1.82, 2.24) is 5.32 Å². The van der Waals surface area contributed by atoms with Crippen molar-refractivity contribution in [3.05, 3.63) is 53.1 Å². The summed E-state index contributed by atoms with van der Waals surface area (Å²) in [6.07, 6.45) is 0. The van der Waals surface area contributed by atoms with Crippen molar-refractivity contribution in [1.29, 1.82) is 0 Å². The predicted octanol–water partition coefficient (Wildman–Crippen LogP) is 4.62. The number of hydrogen-bond donors (Lipinski definition) is 2. The molecule has 2 rings (SSSR count). The molecule has 0 heterocycles. The van der Waals surface area contributed by atoms with E-state index in [-0.39, 0.29) is 12.8 Å². The first-order valence-corrected chi connectivity index (χ1v) is 9.05. The van der Waals surface area contributed by atoms with Crippen LogP contribution >= 0.6 is 0 Å². The number of benzene rings is 2. The summed E-state index contributed by atoms with van der Waals surface area (Å²) < 4.78 is 5.63. The summed E-state index contributed by atoms with van der Waals surface area (Å²) in [5, 5.41) is 5.60. The highest BCUT2D eigenvalue weighted by Crippen LogP contribution is 2.22. The van der Waals surface area contributed by atoms with E-state index in [1.165, 1.54) is 5.56 Å². The topological polar surface area (TPSA) is 53.6 Å². The second-order valence-electron chi connectivity index (χ2n) is 6.36. The SMILES string of the molecule is CCN(CC)c1ccc(NC(=O)NCOc2ccc(C)cc2C)c(C)c1. The number of carbonyl (C=O) groups is 1. The molecule has 0 radical (unpaired) electrons. The molecule has 0 aliphatic carbocycles. The first-order chi connectivity index (χ1) is 12.4. The zero-order valence-corrected chi connectivity index (χ0v) is 16.3. The van der Waals surface area contributed by atoms with E-state index in [0.717, 1.165) is 41.3 Å². The lowest BCUT2D eigenvalue weighted by Crippen LogP contribution is -2.32. The smallest absolute Gasteiger partial charge is 0.321 e. The number of carbonyl (C=O) groups excluding carboxylic acids is 1. The van der Waals surface area contributed by atoms with Crippen LogP contribution in [0.5, 0.6) is 5.75 Å².